The third kappa shape index (κ3) is 5.75. The van der Waals surface area contributed by atoms with Crippen LogP contribution in [0.3, 0.4) is 0 Å². The third-order valence-corrected chi connectivity index (χ3v) is 4.61. The van der Waals surface area contributed by atoms with Crippen LogP contribution < -0.4 is 10.0 Å². The van der Waals surface area contributed by atoms with E-state index in [4.69, 9.17) is 5.26 Å². The fraction of sp³-hybridized carbons (Fsp3) is 0.385. The van der Waals surface area contributed by atoms with Gasteiger partial charge in [0.05, 0.1) is 10.6 Å². The molecule has 8 heteroatoms. The number of amidine groups is 1. The maximum atomic E-state index is 12.0. The third-order valence-electron chi connectivity index (χ3n) is 2.56. The second-order valence-electron chi connectivity index (χ2n) is 4.10. The van der Waals surface area contributed by atoms with Crippen molar-refractivity contribution in [1.82, 2.24) is 10.0 Å². The number of sulfonamides is 1. The first-order valence-electron chi connectivity index (χ1n) is 6.41. The van der Waals surface area contributed by atoms with Crippen molar-refractivity contribution in [3.05, 3.63) is 24.3 Å². The number of aliphatic imine (C=N–C) groups is 1. The molecule has 0 atom stereocenters. The van der Waals surface area contributed by atoms with E-state index in [2.05, 4.69) is 15.0 Å². The van der Waals surface area contributed by atoms with Crippen LogP contribution in [0.1, 0.15) is 19.8 Å². The van der Waals surface area contributed by atoms with Gasteiger partial charge in [-0.05, 0) is 36.9 Å². The van der Waals surface area contributed by atoms with E-state index in [1.165, 1.54) is 23.9 Å². The molecule has 0 heterocycles. The Hall–Kier alpha value is -1.56. The average Bonchev–Trinajstić information content (AvgIpc) is 2.47. The summed E-state index contributed by atoms with van der Waals surface area (Å²) in [5.74, 6) is 0. The molecule has 0 saturated heterocycles. The van der Waals surface area contributed by atoms with E-state index in [1.807, 2.05) is 6.92 Å². The van der Waals surface area contributed by atoms with Gasteiger partial charge >= 0.3 is 0 Å². The highest BCUT2D eigenvalue weighted by molar-refractivity contribution is 8.13. The zero-order valence-electron chi connectivity index (χ0n) is 12.0. The molecule has 0 aromatic heterocycles. The summed E-state index contributed by atoms with van der Waals surface area (Å²) in [5, 5.41) is 11.5. The van der Waals surface area contributed by atoms with Gasteiger partial charge in [-0.3, -0.25) is 5.32 Å². The van der Waals surface area contributed by atoms with Gasteiger partial charge in [-0.1, -0.05) is 25.1 Å². The lowest BCUT2D eigenvalue weighted by Gasteiger charge is -2.06. The quantitative estimate of drug-likeness (QED) is 0.275. The summed E-state index contributed by atoms with van der Waals surface area (Å²) in [7, 11) is -3.47. The number of unbranched alkanes of at least 4 members (excludes halogenated alkanes) is 1. The molecule has 0 aliphatic heterocycles. The second-order valence-corrected chi connectivity index (χ2v) is 6.67. The molecule has 0 radical (unpaired) electrons. The first-order valence-corrected chi connectivity index (χ1v) is 9.11. The van der Waals surface area contributed by atoms with E-state index in [0.29, 0.717) is 17.4 Å². The highest BCUT2D eigenvalue weighted by atomic mass is 32.2. The number of benzene rings is 1. The molecule has 0 saturated carbocycles. The Labute approximate surface area is 129 Å². The zero-order chi connectivity index (χ0) is 15.7. The zero-order valence-corrected chi connectivity index (χ0v) is 13.6. The van der Waals surface area contributed by atoms with Crippen LogP contribution >= 0.6 is 11.8 Å². The molecule has 0 aliphatic carbocycles. The molecular weight excluding hydrogens is 308 g/mol. The van der Waals surface area contributed by atoms with Gasteiger partial charge in [0.2, 0.25) is 10.0 Å². The van der Waals surface area contributed by atoms with Crippen LogP contribution in [0.15, 0.2) is 34.2 Å². The van der Waals surface area contributed by atoms with Crippen molar-refractivity contribution in [3.8, 4) is 6.19 Å². The van der Waals surface area contributed by atoms with E-state index in [1.54, 1.807) is 24.6 Å². The summed E-state index contributed by atoms with van der Waals surface area (Å²) in [5.41, 5.74) is 0.578. The molecule has 1 aromatic carbocycles. The molecular formula is C13H18N4O2S2. The SMILES string of the molecule is CCCCNS(=O)(=O)c1ccc(N=C(NC#N)SC)cc1. The highest BCUT2D eigenvalue weighted by Crippen LogP contribution is 2.17. The monoisotopic (exact) mass is 326 g/mol. The summed E-state index contributed by atoms with van der Waals surface area (Å²) in [6.45, 7) is 2.43. The number of hydrogen-bond donors (Lipinski definition) is 2. The summed E-state index contributed by atoms with van der Waals surface area (Å²) in [6, 6.07) is 6.20. The van der Waals surface area contributed by atoms with Crippen molar-refractivity contribution < 1.29 is 8.42 Å². The largest absolute Gasteiger partial charge is 0.271 e. The molecule has 0 aliphatic rings. The Morgan fingerprint density at radius 2 is 2.05 bits per heavy atom. The van der Waals surface area contributed by atoms with Crippen LogP contribution in [0.5, 0.6) is 0 Å². The number of nitriles is 1. The predicted molar refractivity (Wildman–Crippen MR) is 85.9 cm³/mol. The summed E-state index contributed by atoms with van der Waals surface area (Å²) < 4.78 is 26.5. The molecule has 1 rings (SSSR count). The minimum absolute atomic E-state index is 0.205. The van der Waals surface area contributed by atoms with Crippen LogP contribution in [0.2, 0.25) is 0 Å². The molecule has 114 valence electrons. The van der Waals surface area contributed by atoms with Crippen LogP contribution in [-0.2, 0) is 10.0 Å². The normalized spacial score (nSPS) is 12.0. The molecule has 6 nitrogen and oxygen atoms in total. The molecule has 0 spiro atoms. The number of nitrogens with one attached hydrogen (secondary N) is 2. The van der Waals surface area contributed by atoms with E-state index in [0.717, 1.165) is 12.8 Å². The van der Waals surface area contributed by atoms with Crippen molar-refractivity contribution in [2.75, 3.05) is 12.8 Å². The van der Waals surface area contributed by atoms with Crippen molar-refractivity contribution in [2.24, 2.45) is 4.99 Å². The Morgan fingerprint density at radius 3 is 2.57 bits per heavy atom. The van der Waals surface area contributed by atoms with Gasteiger partial charge in [0.1, 0.15) is 0 Å². The molecule has 2 N–H and O–H groups in total. The summed E-state index contributed by atoms with van der Waals surface area (Å²) in [4.78, 5) is 4.40. The number of nitrogens with zero attached hydrogens (tertiary/aromatic N) is 2. The van der Waals surface area contributed by atoms with Gasteiger partial charge in [0.15, 0.2) is 11.4 Å². The van der Waals surface area contributed by atoms with Gasteiger partial charge < -0.3 is 0 Å². The second kappa shape index (κ2) is 8.67. The van der Waals surface area contributed by atoms with Crippen LogP contribution in [0.4, 0.5) is 5.69 Å². The standard InChI is InChI=1S/C13H18N4O2S2/c1-3-4-9-16-21(18,19)12-7-5-11(6-8-12)17-13(20-2)15-10-14/h5-8,16H,3-4,9H2,1-2H3,(H,15,17). The molecule has 0 amide bonds. The first kappa shape index (κ1) is 17.5. The molecule has 0 fully saturated rings. The summed E-state index contributed by atoms with van der Waals surface area (Å²) in [6.07, 6.45) is 5.32. The Kier molecular flexibility index (Phi) is 7.22. The van der Waals surface area contributed by atoms with Crippen molar-refractivity contribution in [3.63, 3.8) is 0 Å². The number of rotatable bonds is 6. The number of thioether (sulfide) groups is 1. The van der Waals surface area contributed by atoms with Gasteiger partial charge in [0.25, 0.3) is 0 Å². The lowest BCUT2D eigenvalue weighted by Crippen LogP contribution is -2.24. The summed E-state index contributed by atoms with van der Waals surface area (Å²) >= 11 is 1.30. The van der Waals surface area contributed by atoms with Gasteiger partial charge in [-0.2, -0.15) is 5.26 Å². The first-order chi connectivity index (χ1) is 10.0. The van der Waals surface area contributed by atoms with Crippen LogP contribution in [-0.4, -0.2) is 26.4 Å². The van der Waals surface area contributed by atoms with E-state index >= 15 is 0 Å². The minimum atomic E-state index is -3.47. The Bertz CT molecular complexity index is 619. The lowest BCUT2D eigenvalue weighted by molar-refractivity contribution is 0.578. The molecule has 0 unspecified atom stereocenters. The highest BCUT2D eigenvalue weighted by Gasteiger charge is 2.12. The van der Waals surface area contributed by atoms with Crippen LogP contribution in [0.25, 0.3) is 0 Å². The van der Waals surface area contributed by atoms with Crippen LogP contribution in [0, 0.1) is 11.5 Å². The fourth-order valence-electron chi connectivity index (χ4n) is 1.46. The molecule has 21 heavy (non-hydrogen) atoms. The van der Waals surface area contributed by atoms with Gasteiger partial charge in [-0.25, -0.2) is 18.1 Å². The lowest BCUT2D eigenvalue weighted by atomic mass is 10.3. The maximum Gasteiger partial charge on any atom is 0.240 e. The number of hydrogen-bond acceptors (Lipinski definition) is 5. The topological polar surface area (TPSA) is 94.3 Å². The Morgan fingerprint density at radius 1 is 1.38 bits per heavy atom. The molecule has 1 aromatic rings. The van der Waals surface area contributed by atoms with Gasteiger partial charge in [0, 0.05) is 6.54 Å². The predicted octanol–water partition coefficient (Wildman–Crippen LogP) is 2.19. The van der Waals surface area contributed by atoms with Crippen molar-refractivity contribution in [2.45, 2.75) is 24.7 Å². The Balaban J connectivity index is 2.85. The maximum absolute atomic E-state index is 12.0. The van der Waals surface area contributed by atoms with E-state index in [-0.39, 0.29) is 4.90 Å². The van der Waals surface area contributed by atoms with Gasteiger partial charge in [-0.15, -0.1) is 0 Å². The van der Waals surface area contributed by atoms with E-state index < -0.39 is 10.0 Å². The fourth-order valence-corrected chi connectivity index (χ4v) is 2.87. The van der Waals surface area contributed by atoms with Crippen molar-refractivity contribution >= 4 is 32.6 Å². The smallest absolute Gasteiger partial charge is 0.240 e. The van der Waals surface area contributed by atoms with E-state index in [9.17, 15) is 8.42 Å². The average molecular weight is 326 g/mol. The van der Waals surface area contributed by atoms with Crippen molar-refractivity contribution in [1.29, 1.82) is 5.26 Å². The minimum Gasteiger partial charge on any atom is -0.271 e. The molecule has 0 bridgehead atoms.